The average Bonchev–Trinajstić information content (AvgIpc) is 3.03. The number of fused-ring (bicyclic) bond motifs is 2. The summed E-state index contributed by atoms with van der Waals surface area (Å²) in [7, 11) is 2.04. The Labute approximate surface area is 111 Å². The van der Waals surface area contributed by atoms with Crippen LogP contribution in [0.25, 0.3) is 22.6 Å². The van der Waals surface area contributed by atoms with E-state index in [0.717, 1.165) is 35.6 Å². The van der Waals surface area contributed by atoms with Crippen molar-refractivity contribution in [2.24, 2.45) is 7.05 Å². The minimum Gasteiger partial charge on any atom is -0.326 e. The molecule has 0 amide bonds. The number of rotatable bonds is 1. The molecule has 94 valence electrons. The second-order valence-corrected chi connectivity index (χ2v) is 4.93. The molecule has 4 heteroatoms. The molecule has 0 spiro atoms. The molecule has 0 fully saturated rings. The van der Waals surface area contributed by atoms with Gasteiger partial charge >= 0.3 is 0 Å². The summed E-state index contributed by atoms with van der Waals surface area (Å²) in [6.07, 6.45) is 1.78. The van der Waals surface area contributed by atoms with Gasteiger partial charge in [-0.25, -0.2) is 9.97 Å². The minimum atomic E-state index is 0.804. The lowest BCUT2D eigenvalue weighted by Gasteiger charge is -2.04. The third-order valence-electron chi connectivity index (χ3n) is 3.75. The number of benzene rings is 1. The maximum absolute atomic E-state index is 4.64. The number of aryl methyl sites for hydroxylation is 1. The van der Waals surface area contributed by atoms with E-state index in [0.29, 0.717) is 0 Å². The minimum absolute atomic E-state index is 0.804. The molecule has 19 heavy (non-hydrogen) atoms. The van der Waals surface area contributed by atoms with E-state index in [2.05, 4.69) is 38.1 Å². The van der Waals surface area contributed by atoms with Crippen molar-refractivity contribution in [3.63, 3.8) is 0 Å². The van der Waals surface area contributed by atoms with Gasteiger partial charge in [-0.1, -0.05) is 12.1 Å². The quantitative estimate of drug-likeness (QED) is 0.720. The van der Waals surface area contributed by atoms with E-state index >= 15 is 0 Å². The van der Waals surface area contributed by atoms with Gasteiger partial charge in [0.1, 0.15) is 5.82 Å². The predicted octanol–water partition coefficient (Wildman–Crippen LogP) is 2.24. The monoisotopic (exact) mass is 250 g/mol. The van der Waals surface area contributed by atoms with Gasteiger partial charge in [0.2, 0.25) is 0 Å². The Morgan fingerprint density at radius 3 is 2.95 bits per heavy atom. The molecule has 0 unspecified atom stereocenters. The zero-order chi connectivity index (χ0) is 12.8. The molecular formula is C15H14N4. The highest BCUT2D eigenvalue weighted by Crippen LogP contribution is 2.26. The summed E-state index contributed by atoms with van der Waals surface area (Å²) in [5.41, 5.74) is 5.79. The fourth-order valence-electron chi connectivity index (χ4n) is 2.72. The Morgan fingerprint density at radius 2 is 2.05 bits per heavy atom. The van der Waals surface area contributed by atoms with E-state index in [1.807, 2.05) is 19.2 Å². The number of hydrogen-bond acceptors (Lipinski definition) is 3. The topological polar surface area (TPSA) is 42.7 Å². The Bertz CT molecular complexity index is 773. The number of nitrogens with one attached hydrogen (secondary N) is 1. The van der Waals surface area contributed by atoms with Crippen LogP contribution in [0.5, 0.6) is 0 Å². The van der Waals surface area contributed by atoms with E-state index in [1.165, 1.54) is 11.1 Å². The molecule has 1 aromatic carbocycles. The van der Waals surface area contributed by atoms with Crippen molar-refractivity contribution in [3.8, 4) is 11.4 Å². The van der Waals surface area contributed by atoms with Crippen LogP contribution in [-0.4, -0.2) is 14.5 Å². The van der Waals surface area contributed by atoms with Crippen LogP contribution in [0, 0.1) is 0 Å². The Kier molecular flexibility index (Phi) is 2.19. The maximum atomic E-state index is 4.64. The molecule has 0 atom stereocenters. The van der Waals surface area contributed by atoms with Crippen molar-refractivity contribution in [3.05, 3.63) is 47.7 Å². The molecule has 0 saturated heterocycles. The van der Waals surface area contributed by atoms with Crippen molar-refractivity contribution in [1.29, 1.82) is 0 Å². The van der Waals surface area contributed by atoms with Crippen molar-refractivity contribution < 1.29 is 0 Å². The largest absolute Gasteiger partial charge is 0.326 e. The normalized spacial score (nSPS) is 13.9. The van der Waals surface area contributed by atoms with Crippen LogP contribution in [0.3, 0.4) is 0 Å². The molecule has 1 aliphatic rings. The molecule has 0 bridgehead atoms. The molecule has 3 aromatic rings. The molecule has 1 N–H and O–H groups in total. The van der Waals surface area contributed by atoms with Gasteiger partial charge in [0.25, 0.3) is 0 Å². The first-order valence-corrected chi connectivity index (χ1v) is 6.43. The smallest absolute Gasteiger partial charge is 0.178 e. The van der Waals surface area contributed by atoms with Gasteiger partial charge in [0.05, 0.1) is 5.52 Å². The maximum Gasteiger partial charge on any atom is 0.178 e. The van der Waals surface area contributed by atoms with Crippen LogP contribution in [-0.2, 0) is 20.1 Å². The lowest BCUT2D eigenvalue weighted by Crippen LogP contribution is -1.99. The Hall–Kier alpha value is -2.20. The molecule has 1 aliphatic heterocycles. The van der Waals surface area contributed by atoms with E-state index < -0.39 is 0 Å². The van der Waals surface area contributed by atoms with Crippen LogP contribution < -0.4 is 5.32 Å². The van der Waals surface area contributed by atoms with Crippen molar-refractivity contribution in [2.75, 3.05) is 0 Å². The number of pyridine rings is 1. The van der Waals surface area contributed by atoms with Gasteiger partial charge in [-0.05, 0) is 29.3 Å². The molecule has 0 radical (unpaired) electrons. The highest BCUT2D eigenvalue weighted by atomic mass is 15.1. The molecule has 3 heterocycles. The molecular weight excluding hydrogens is 236 g/mol. The fraction of sp³-hybridized carbons (Fsp3) is 0.200. The molecule has 4 rings (SSSR count). The van der Waals surface area contributed by atoms with Gasteiger partial charge in [-0.2, -0.15) is 0 Å². The summed E-state index contributed by atoms with van der Waals surface area (Å²) in [6.45, 7) is 1.92. The number of aromatic nitrogens is 3. The first-order chi connectivity index (χ1) is 9.33. The van der Waals surface area contributed by atoms with Crippen LogP contribution in [0.15, 0.2) is 36.5 Å². The van der Waals surface area contributed by atoms with Crippen LogP contribution in [0.2, 0.25) is 0 Å². The number of imidazole rings is 1. The second kappa shape index (κ2) is 3.90. The highest BCUT2D eigenvalue weighted by molar-refractivity contribution is 5.77. The SMILES string of the molecule is Cn1c(-c2ccc3c(c2)CNC3)nc2ncccc21. The van der Waals surface area contributed by atoms with Gasteiger partial charge in [-0.3, -0.25) is 0 Å². The van der Waals surface area contributed by atoms with Crippen LogP contribution in [0.4, 0.5) is 0 Å². The second-order valence-electron chi connectivity index (χ2n) is 4.93. The van der Waals surface area contributed by atoms with Crippen molar-refractivity contribution in [1.82, 2.24) is 19.9 Å². The summed E-state index contributed by atoms with van der Waals surface area (Å²) in [5.74, 6) is 0.975. The first kappa shape index (κ1) is 10.7. The highest BCUT2D eigenvalue weighted by Gasteiger charge is 2.14. The predicted molar refractivity (Wildman–Crippen MR) is 74.5 cm³/mol. The Morgan fingerprint density at radius 1 is 1.16 bits per heavy atom. The Balaban J connectivity index is 1.92. The van der Waals surface area contributed by atoms with Gasteiger partial charge in [0.15, 0.2) is 5.65 Å². The first-order valence-electron chi connectivity index (χ1n) is 6.43. The standard InChI is InChI=1S/C15H14N4/c1-19-13-3-2-6-17-14(13)18-15(19)10-4-5-11-8-16-9-12(11)7-10/h2-7,16H,8-9H2,1H3. The summed E-state index contributed by atoms with van der Waals surface area (Å²) in [5, 5.41) is 3.37. The van der Waals surface area contributed by atoms with Gasteiger partial charge < -0.3 is 9.88 Å². The zero-order valence-electron chi connectivity index (χ0n) is 10.7. The average molecular weight is 250 g/mol. The van der Waals surface area contributed by atoms with Crippen LogP contribution in [0.1, 0.15) is 11.1 Å². The molecule has 0 aliphatic carbocycles. The van der Waals surface area contributed by atoms with Gasteiger partial charge in [-0.15, -0.1) is 0 Å². The van der Waals surface area contributed by atoms with E-state index in [9.17, 15) is 0 Å². The van der Waals surface area contributed by atoms with E-state index in [4.69, 9.17) is 0 Å². The molecule has 0 saturated carbocycles. The molecule has 2 aromatic heterocycles. The summed E-state index contributed by atoms with van der Waals surface area (Å²) >= 11 is 0. The van der Waals surface area contributed by atoms with Crippen molar-refractivity contribution in [2.45, 2.75) is 13.1 Å². The third-order valence-corrected chi connectivity index (χ3v) is 3.75. The third kappa shape index (κ3) is 1.57. The lowest BCUT2D eigenvalue weighted by molar-refractivity contribution is 0.765. The lowest BCUT2D eigenvalue weighted by atomic mass is 10.1. The van der Waals surface area contributed by atoms with E-state index in [-0.39, 0.29) is 0 Å². The summed E-state index contributed by atoms with van der Waals surface area (Å²) < 4.78 is 2.10. The van der Waals surface area contributed by atoms with Crippen LogP contribution >= 0.6 is 0 Å². The summed E-state index contributed by atoms with van der Waals surface area (Å²) in [6, 6.07) is 10.6. The fourth-order valence-corrected chi connectivity index (χ4v) is 2.72. The molecule has 4 nitrogen and oxygen atoms in total. The van der Waals surface area contributed by atoms with Gasteiger partial charge in [0, 0.05) is 31.9 Å². The van der Waals surface area contributed by atoms with E-state index in [1.54, 1.807) is 6.20 Å². The number of nitrogens with zero attached hydrogens (tertiary/aromatic N) is 3. The zero-order valence-corrected chi connectivity index (χ0v) is 10.7. The summed E-state index contributed by atoms with van der Waals surface area (Å²) in [4.78, 5) is 8.96. The number of hydrogen-bond donors (Lipinski definition) is 1. The van der Waals surface area contributed by atoms with Crippen molar-refractivity contribution >= 4 is 11.2 Å².